The van der Waals surface area contributed by atoms with E-state index >= 15 is 0 Å². The molecule has 2 unspecified atom stereocenters. The van der Waals surface area contributed by atoms with Gasteiger partial charge in [0.15, 0.2) is 5.96 Å². The van der Waals surface area contributed by atoms with Gasteiger partial charge < -0.3 is 15.4 Å². The summed E-state index contributed by atoms with van der Waals surface area (Å²) in [7, 11) is 0. The van der Waals surface area contributed by atoms with Crippen LogP contribution in [0.5, 0.6) is 0 Å². The summed E-state index contributed by atoms with van der Waals surface area (Å²) in [4.78, 5) is 9.00. The molecule has 7 heteroatoms. The maximum Gasteiger partial charge on any atom is 0.191 e. The Morgan fingerprint density at radius 3 is 3.00 bits per heavy atom. The third-order valence-electron chi connectivity index (χ3n) is 4.30. The summed E-state index contributed by atoms with van der Waals surface area (Å²) in [5.74, 6) is 2.47. The molecule has 0 saturated carbocycles. The van der Waals surface area contributed by atoms with Gasteiger partial charge in [0.25, 0.3) is 0 Å². The number of guanidine groups is 1. The zero-order valence-electron chi connectivity index (χ0n) is 15.5. The minimum atomic E-state index is 0.272. The number of hydrogen-bond acceptors (Lipinski definition) is 4. The largest absolute Gasteiger partial charge is 0.378 e. The van der Waals surface area contributed by atoms with Crippen LogP contribution < -0.4 is 10.6 Å². The maximum absolute atomic E-state index is 5.80. The van der Waals surface area contributed by atoms with Crippen LogP contribution in [0, 0.1) is 5.92 Å². The molecule has 2 rings (SSSR count). The number of aryl methyl sites for hydroxylation is 1. The molecule has 2 atom stereocenters. The summed E-state index contributed by atoms with van der Waals surface area (Å²) in [6.07, 6.45) is 4.86. The molecule has 1 aromatic rings. The molecule has 2 N–H and O–H groups in total. The number of aromatic nitrogens is 3. The number of ether oxygens (including phenoxy) is 1. The molecule has 7 nitrogen and oxygen atoms in total. The van der Waals surface area contributed by atoms with Crippen LogP contribution in [0.2, 0.25) is 0 Å². The SMILES string of the molecule is CCNC(=NCCC(OCC)C(C)C)NC1CCc2ncnn2C1. The molecule has 1 aromatic heterocycles. The highest BCUT2D eigenvalue weighted by molar-refractivity contribution is 5.80. The smallest absolute Gasteiger partial charge is 0.191 e. The summed E-state index contributed by atoms with van der Waals surface area (Å²) < 4.78 is 7.78. The van der Waals surface area contributed by atoms with Gasteiger partial charge in [-0.05, 0) is 32.6 Å². The van der Waals surface area contributed by atoms with E-state index in [0.717, 1.165) is 57.3 Å². The average Bonchev–Trinajstić information content (AvgIpc) is 3.01. The van der Waals surface area contributed by atoms with Gasteiger partial charge in [0.1, 0.15) is 12.2 Å². The van der Waals surface area contributed by atoms with E-state index in [4.69, 9.17) is 9.73 Å². The first-order valence-electron chi connectivity index (χ1n) is 9.17. The minimum Gasteiger partial charge on any atom is -0.378 e. The van der Waals surface area contributed by atoms with Crippen molar-refractivity contribution >= 4 is 5.96 Å². The van der Waals surface area contributed by atoms with Crippen molar-refractivity contribution in [2.45, 2.75) is 65.6 Å². The summed E-state index contributed by atoms with van der Waals surface area (Å²) in [6.45, 7) is 11.7. The molecule has 2 heterocycles. The topological polar surface area (TPSA) is 76.4 Å². The van der Waals surface area contributed by atoms with Crippen molar-refractivity contribution in [1.82, 2.24) is 25.4 Å². The molecule has 0 amide bonds. The number of rotatable bonds is 8. The van der Waals surface area contributed by atoms with E-state index in [1.807, 2.05) is 11.6 Å². The lowest BCUT2D eigenvalue weighted by atomic mass is 10.0. The van der Waals surface area contributed by atoms with Crippen molar-refractivity contribution in [3.8, 4) is 0 Å². The zero-order chi connectivity index (χ0) is 17.4. The first kappa shape index (κ1) is 18.7. The van der Waals surface area contributed by atoms with Gasteiger partial charge in [0, 0.05) is 32.2 Å². The van der Waals surface area contributed by atoms with Gasteiger partial charge in [-0.25, -0.2) is 9.67 Å². The Bertz CT molecular complexity index is 513. The molecule has 0 aromatic carbocycles. The standard InChI is InChI=1S/C17H32N6O/c1-5-18-17(19-10-9-15(13(3)4)24-6-2)22-14-7-8-16-20-12-21-23(16)11-14/h12-15H,5-11H2,1-4H3,(H2,18,19,22). The fraction of sp³-hybridized carbons (Fsp3) is 0.824. The molecule has 1 aliphatic rings. The predicted molar refractivity (Wildman–Crippen MR) is 96.1 cm³/mol. The van der Waals surface area contributed by atoms with Crippen LogP contribution in [0.25, 0.3) is 0 Å². The minimum absolute atomic E-state index is 0.272. The van der Waals surface area contributed by atoms with Gasteiger partial charge in [-0.3, -0.25) is 4.99 Å². The molecule has 0 aliphatic carbocycles. The van der Waals surface area contributed by atoms with Crippen molar-refractivity contribution in [2.24, 2.45) is 10.9 Å². The second kappa shape index (κ2) is 9.61. The second-order valence-electron chi connectivity index (χ2n) is 6.53. The highest BCUT2D eigenvalue weighted by Gasteiger charge is 2.20. The molecule has 0 fully saturated rings. The van der Waals surface area contributed by atoms with Gasteiger partial charge in [0.05, 0.1) is 12.6 Å². The molecule has 0 saturated heterocycles. The van der Waals surface area contributed by atoms with Crippen LogP contribution in [-0.2, 0) is 17.7 Å². The molecule has 24 heavy (non-hydrogen) atoms. The first-order valence-corrected chi connectivity index (χ1v) is 9.17. The van der Waals surface area contributed by atoms with E-state index in [0.29, 0.717) is 12.0 Å². The van der Waals surface area contributed by atoms with Crippen molar-refractivity contribution in [2.75, 3.05) is 19.7 Å². The van der Waals surface area contributed by atoms with Crippen molar-refractivity contribution in [3.63, 3.8) is 0 Å². The second-order valence-corrected chi connectivity index (χ2v) is 6.53. The molecule has 136 valence electrons. The molecular weight excluding hydrogens is 304 g/mol. The van der Waals surface area contributed by atoms with Crippen LogP contribution in [-0.4, -0.2) is 52.6 Å². The van der Waals surface area contributed by atoms with E-state index < -0.39 is 0 Å². The van der Waals surface area contributed by atoms with E-state index in [9.17, 15) is 0 Å². The van der Waals surface area contributed by atoms with E-state index in [1.54, 1.807) is 6.33 Å². The van der Waals surface area contributed by atoms with Crippen molar-refractivity contribution < 1.29 is 4.74 Å². The molecule has 0 spiro atoms. The molecule has 0 radical (unpaired) electrons. The van der Waals surface area contributed by atoms with Crippen LogP contribution in [0.15, 0.2) is 11.3 Å². The lowest BCUT2D eigenvalue weighted by Crippen LogP contribution is -2.47. The lowest BCUT2D eigenvalue weighted by molar-refractivity contribution is 0.0266. The van der Waals surface area contributed by atoms with Gasteiger partial charge in [-0.2, -0.15) is 5.10 Å². The molecular formula is C17H32N6O. The number of nitrogens with one attached hydrogen (secondary N) is 2. The van der Waals surface area contributed by atoms with Gasteiger partial charge >= 0.3 is 0 Å². The van der Waals surface area contributed by atoms with Gasteiger partial charge in [-0.15, -0.1) is 0 Å². The van der Waals surface area contributed by atoms with Crippen LogP contribution in [0.4, 0.5) is 0 Å². The van der Waals surface area contributed by atoms with Crippen molar-refractivity contribution in [3.05, 3.63) is 12.2 Å². The summed E-state index contributed by atoms with van der Waals surface area (Å²) in [6, 6.07) is 0.338. The Hall–Kier alpha value is -1.63. The third-order valence-corrected chi connectivity index (χ3v) is 4.30. The number of fused-ring (bicyclic) bond motifs is 1. The normalized spacial score (nSPS) is 19.2. The Kier molecular flexibility index (Phi) is 7.49. The summed E-state index contributed by atoms with van der Waals surface area (Å²) in [5.41, 5.74) is 0. The van der Waals surface area contributed by atoms with E-state index in [-0.39, 0.29) is 6.10 Å². The highest BCUT2D eigenvalue weighted by Crippen LogP contribution is 2.12. The fourth-order valence-electron chi connectivity index (χ4n) is 3.00. The summed E-state index contributed by atoms with van der Waals surface area (Å²) >= 11 is 0. The van der Waals surface area contributed by atoms with Crippen LogP contribution >= 0.6 is 0 Å². The Balaban J connectivity index is 1.86. The van der Waals surface area contributed by atoms with E-state index in [2.05, 4.69) is 41.5 Å². The summed E-state index contributed by atoms with van der Waals surface area (Å²) in [5, 5.41) is 11.1. The number of nitrogens with zero attached hydrogens (tertiary/aromatic N) is 4. The van der Waals surface area contributed by atoms with E-state index in [1.165, 1.54) is 0 Å². The predicted octanol–water partition coefficient (Wildman–Crippen LogP) is 1.60. The van der Waals surface area contributed by atoms with Crippen molar-refractivity contribution in [1.29, 1.82) is 0 Å². The zero-order valence-corrected chi connectivity index (χ0v) is 15.5. The fourth-order valence-corrected chi connectivity index (χ4v) is 3.00. The Morgan fingerprint density at radius 1 is 1.46 bits per heavy atom. The maximum atomic E-state index is 5.80. The molecule has 1 aliphatic heterocycles. The quantitative estimate of drug-likeness (QED) is 0.557. The highest BCUT2D eigenvalue weighted by atomic mass is 16.5. The first-order chi connectivity index (χ1) is 11.6. The monoisotopic (exact) mass is 336 g/mol. The van der Waals surface area contributed by atoms with Crippen LogP contribution in [0.1, 0.15) is 46.4 Å². The molecule has 0 bridgehead atoms. The van der Waals surface area contributed by atoms with Gasteiger partial charge in [-0.1, -0.05) is 13.8 Å². The number of hydrogen-bond donors (Lipinski definition) is 2. The van der Waals surface area contributed by atoms with Gasteiger partial charge in [0.2, 0.25) is 0 Å². The van der Waals surface area contributed by atoms with Crippen LogP contribution in [0.3, 0.4) is 0 Å². The Labute approximate surface area is 145 Å². The number of aliphatic imine (C=N–C) groups is 1. The Morgan fingerprint density at radius 2 is 2.29 bits per heavy atom. The lowest BCUT2D eigenvalue weighted by Gasteiger charge is -2.25. The third kappa shape index (κ3) is 5.47. The average molecular weight is 336 g/mol.